The molecule has 0 spiro atoms. The third-order valence-corrected chi connectivity index (χ3v) is 5.67. The molecule has 27 heavy (non-hydrogen) atoms. The molecule has 0 aliphatic heterocycles. The maximum Gasteiger partial charge on any atom is 0.150 e. The maximum atomic E-state index is 6.49. The normalized spacial score (nSPS) is 11.6. The topological polar surface area (TPSA) is 27.1 Å². The van der Waals surface area contributed by atoms with Gasteiger partial charge in [-0.15, -0.1) is 0 Å². The predicted molar refractivity (Wildman–Crippen MR) is 115 cm³/mol. The summed E-state index contributed by atoms with van der Waals surface area (Å²) in [6.07, 6.45) is 4.45. The molecule has 2 aromatic heterocycles. The molecule has 144 valence electrons. The van der Waals surface area contributed by atoms with Crippen LogP contribution in [0.1, 0.15) is 54.6 Å². The Balaban J connectivity index is 2.32. The molecule has 1 aromatic carbocycles. The summed E-state index contributed by atoms with van der Waals surface area (Å²) in [5.74, 6) is 0.988. The first-order chi connectivity index (χ1) is 12.8. The van der Waals surface area contributed by atoms with Crippen molar-refractivity contribution in [3.8, 4) is 16.9 Å². The van der Waals surface area contributed by atoms with Crippen LogP contribution in [-0.2, 0) is 7.05 Å². The van der Waals surface area contributed by atoms with E-state index in [9.17, 15) is 0 Å². The van der Waals surface area contributed by atoms with E-state index in [0.717, 1.165) is 40.9 Å². The van der Waals surface area contributed by atoms with Gasteiger partial charge in [0, 0.05) is 30.1 Å². The van der Waals surface area contributed by atoms with Gasteiger partial charge in [-0.05, 0) is 64.2 Å². The van der Waals surface area contributed by atoms with Gasteiger partial charge in [0.05, 0.1) is 6.10 Å². The minimum atomic E-state index is 0.231. The minimum absolute atomic E-state index is 0.231. The fraction of sp³-hybridized carbons (Fsp3) is 0.458. The smallest absolute Gasteiger partial charge is 0.150 e. The summed E-state index contributed by atoms with van der Waals surface area (Å²) in [5.41, 5.74) is 10.7. The molecular formula is C24H32N2O. The van der Waals surface area contributed by atoms with E-state index < -0.39 is 0 Å². The van der Waals surface area contributed by atoms with Gasteiger partial charge in [-0.25, -0.2) is 0 Å². The Morgan fingerprint density at radius 3 is 2.15 bits per heavy atom. The van der Waals surface area contributed by atoms with Gasteiger partial charge in [0.15, 0.2) is 0 Å². The number of nitrogens with zero attached hydrogens (tertiary/aromatic N) is 2. The molecule has 0 saturated heterocycles. The third-order valence-electron chi connectivity index (χ3n) is 5.67. The molecule has 0 amide bonds. The molecule has 3 nitrogen and oxygen atoms in total. The second-order valence-electron chi connectivity index (χ2n) is 7.83. The first kappa shape index (κ1) is 19.5. The monoisotopic (exact) mass is 364 g/mol. The fourth-order valence-corrected chi connectivity index (χ4v) is 4.14. The Bertz CT molecular complexity index is 971. The Morgan fingerprint density at radius 2 is 1.59 bits per heavy atom. The van der Waals surface area contributed by atoms with Gasteiger partial charge in [-0.2, -0.15) is 0 Å². The van der Waals surface area contributed by atoms with Crippen molar-refractivity contribution in [2.24, 2.45) is 7.05 Å². The number of rotatable bonds is 5. The number of hydrogen-bond donors (Lipinski definition) is 0. The molecular weight excluding hydrogens is 332 g/mol. The van der Waals surface area contributed by atoms with Gasteiger partial charge in [0.1, 0.15) is 16.8 Å². The zero-order valence-corrected chi connectivity index (χ0v) is 18.0. The molecule has 2 heterocycles. The van der Waals surface area contributed by atoms with E-state index >= 15 is 0 Å². The molecule has 0 radical (unpaired) electrons. The van der Waals surface area contributed by atoms with Crippen molar-refractivity contribution in [3.63, 3.8) is 0 Å². The van der Waals surface area contributed by atoms with Gasteiger partial charge < -0.3 is 9.30 Å². The SMILES string of the molecule is CCC(CC)Oc1c(C)c(C)nc2c(-c3c(C)cc(C)cc3C)cn(C)c12. The highest BCUT2D eigenvalue weighted by Gasteiger charge is 2.22. The van der Waals surface area contributed by atoms with Crippen molar-refractivity contribution >= 4 is 11.0 Å². The summed E-state index contributed by atoms with van der Waals surface area (Å²) in [5, 5.41) is 0. The van der Waals surface area contributed by atoms with Crippen LogP contribution in [0, 0.1) is 34.6 Å². The summed E-state index contributed by atoms with van der Waals surface area (Å²) in [4.78, 5) is 5.00. The van der Waals surface area contributed by atoms with Crippen molar-refractivity contribution in [2.45, 2.75) is 67.4 Å². The van der Waals surface area contributed by atoms with Gasteiger partial charge in [0.25, 0.3) is 0 Å². The lowest BCUT2D eigenvalue weighted by molar-refractivity contribution is 0.193. The van der Waals surface area contributed by atoms with Crippen LogP contribution in [0.2, 0.25) is 0 Å². The van der Waals surface area contributed by atoms with Gasteiger partial charge in [-0.1, -0.05) is 31.5 Å². The van der Waals surface area contributed by atoms with E-state index in [-0.39, 0.29) is 6.10 Å². The number of fused-ring (bicyclic) bond motifs is 1. The van der Waals surface area contributed by atoms with Crippen molar-refractivity contribution in [1.82, 2.24) is 9.55 Å². The van der Waals surface area contributed by atoms with Gasteiger partial charge in [-0.3, -0.25) is 4.98 Å². The van der Waals surface area contributed by atoms with Crippen LogP contribution in [-0.4, -0.2) is 15.7 Å². The number of hydrogen-bond acceptors (Lipinski definition) is 2. The van der Waals surface area contributed by atoms with Crippen molar-refractivity contribution in [2.75, 3.05) is 0 Å². The molecule has 0 atom stereocenters. The molecule has 3 aromatic rings. The van der Waals surface area contributed by atoms with E-state index in [1.54, 1.807) is 0 Å². The van der Waals surface area contributed by atoms with E-state index in [1.807, 2.05) is 0 Å². The average Bonchev–Trinajstić information content (AvgIpc) is 2.91. The standard InChI is InChI=1S/C24H32N2O/c1-9-19(10-2)27-24-17(6)18(7)25-22-20(13-26(8)23(22)24)21-15(4)11-14(3)12-16(21)5/h11-13,19H,9-10H2,1-8H3. The summed E-state index contributed by atoms with van der Waals surface area (Å²) in [7, 11) is 2.10. The molecule has 0 bridgehead atoms. The Hall–Kier alpha value is -2.29. The average molecular weight is 365 g/mol. The summed E-state index contributed by atoms with van der Waals surface area (Å²) < 4.78 is 8.67. The number of aryl methyl sites for hydroxylation is 5. The molecule has 0 saturated carbocycles. The molecule has 3 heteroatoms. The molecule has 0 unspecified atom stereocenters. The highest BCUT2D eigenvalue weighted by atomic mass is 16.5. The second kappa shape index (κ2) is 7.38. The van der Waals surface area contributed by atoms with E-state index in [1.165, 1.54) is 27.8 Å². The largest absolute Gasteiger partial charge is 0.488 e. The zero-order chi connectivity index (χ0) is 19.9. The third kappa shape index (κ3) is 3.36. The fourth-order valence-electron chi connectivity index (χ4n) is 4.14. The highest BCUT2D eigenvalue weighted by molar-refractivity contribution is 5.98. The minimum Gasteiger partial charge on any atom is -0.488 e. The van der Waals surface area contributed by atoms with E-state index in [0.29, 0.717) is 0 Å². The number of aromatic nitrogens is 2. The lowest BCUT2D eigenvalue weighted by Gasteiger charge is -2.20. The van der Waals surface area contributed by atoms with Crippen LogP contribution in [0.25, 0.3) is 22.2 Å². The van der Waals surface area contributed by atoms with Crippen molar-refractivity contribution in [3.05, 3.63) is 46.3 Å². The maximum absolute atomic E-state index is 6.49. The Morgan fingerprint density at radius 1 is 1.00 bits per heavy atom. The molecule has 0 aliphatic carbocycles. The summed E-state index contributed by atoms with van der Waals surface area (Å²) >= 11 is 0. The predicted octanol–water partition coefficient (Wildman–Crippen LogP) is 6.35. The first-order valence-corrected chi connectivity index (χ1v) is 9.99. The number of pyridine rings is 1. The van der Waals surface area contributed by atoms with Crippen LogP contribution >= 0.6 is 0 Å². The number of ether oxygens (including phenoxy) is 1. The number of benzene rings is 1. The molecule has 0 fully saturated rings. The van der Waals surface area contributed by atoms with Crippen molar-refractivity contribution in [1.29, 1.82) is 0 Å². The molecule has 0 aliphatic rings. The lowest BCUT2D eigenvalue weighted by Crippen LogP contribution is -2.15. The van der Waals surface area contributed by atoms with E-state index in [2.05, 4.69) is 78.4 Å². The summed E-state index contributed by atoms with van der Waals surface area (Å²) in [6.45, 7) is 15.1. The highest BCUT2D eigenvalue weighted by Crippen LogP contribution is 2.40. The van der Waals surface area contributed by atoms with E-state index in [4.69, 9.17) is 9.72 Å². The zero-order valence-electron chi connectivity index (χ0n) is 18.0. The van der Waals surface area contributed by atoms with Crippen molar-refractivity contribution < 1.29 is 4.74 Å². The Kier molecular flexibility index (Phi) is 5.32. The second-order valence-corrected chi connectivity index (χ2v) is 7.83. The van der Waals surface area contributed by atoms with Crippen LogP contribution in [0.4, 0.5) is 0 Å². The van der Waals surface area contributed by atoms with Gasteiger partial charge in [0.2, 0.25) is 0 Å². The van der Waals surface area contributed by atoms with Crippen LogP contribution in [0.15, 0.2) is 18.3 Å². The molecule has 3 rings (SSSR count). The summed E-state index contributed by atoms with van der Waals surface area (Å²) in [6, 6.07) is 4.51. The molecule has 0 N–H and O–H groups in total. The van der Waals surface area contributed by atoms with Crippen LogP contribution in [0.5, 0.6) is 5.75 Å². The van der Waals surface area contributed by atoms with Crippen LogP contribution < -0.4 is 4.74 Å². The van der Waals surface area contributed by atoms with Gasteiger partial charge >= 0.3 is 0 Å². The lowest BCUT2D eigenvalue weighted by atomic mass is 9.94. The first-order valence-electron chi connectivity index (χ1n) is 9.99. The van der Waals surface area contributed by atoms with Crippen LogP contribution in [0.3, 0.4) is 0 Å². The quantitative estimate of drug-likeness (QED) is 0.527. The Labute approximate surface area is 163 Å².